The maximum Gasteiger partial charge on any atom is 0.246 e. The van der Waals surface area contributed by atoms with Crippen molar-refractivity contribution in [2.24, 2.45) is 0 Å². The van der Waals surface area contributed by atoms with Crippen LogP contribution in [0.2, 0.25) is 0 Å². The molecule has 1 aliphatic heterocycles. The second kappa shape index (κ2) is 12.5. The third-order valence-corrected chi connectivity index (χ3v) is 7.53. The normalized spacial score (nSPS) is 14.8. The van der Waals surface area contributed by atoms with Crippen molar-refractivity contribution in [1.82, 2.24) is 9.62 Å². The summed E-state index contributed by atoms with van der Waals surface area (Å²) in [6.07, 6.45) is 3.84. The number of nitrogens with zero attached hydrogens (tertiary/aromatic N) is 2. The minimum atomic E-state index is -3.73. The number of nitrogens with one attached hydrogen (secondary N) is 1. The largest absolute Gasteiger partial charge is 0.495 e. The average molecular weight is 488 g/mol. The molecule has 1 amide bonds. The third-order valence-electron chi connectivity index (χ3n) is 5.61. The molecule has 1 saturated heterocycles. The van der Waals surface area contributed by atoms with Gasteiger partial charge in [-0.05, 0) is 49.2 Å². The highest BCUT2D eigenvalue weighted by molar-refractivity contribution is 7.89. The fraction of sp³-hybridized carbons (Fsp3) is 0.400. The molecular weight excluding hydrogens is 454 g/mol. The van der Waals surface area contributed by atoms with Crippen molar-refractivity contribution in [1.29, 1.82) is 0 Å². The van der Waals surface area contributed by atoms with Crippen LogP contribution in [0.1, 0.15) is 18.9 Å². The molecule has 0 aromatic heterocycles. The smallest absolute Gasteiger partial charge is 0.246 e. The van der Waals surface area contributed by atoms with Crippen LogP contribution < -0.4 is 15.0 Å². The summed E-state index contributed by atoms with van der Waals surface area (Å²) in [5.41, 5.74) is 1.77. The Morgan fingerprint density at radius 3 is 2.59 bits per heavy atom. The molecule has 184 valence electrons. The fourth-order valence-corrected chi connectivity index (χ4v) is 5.34. The molecule has 9 heteroatoms. The van der Waals surface area contributed by atoms with Crippen molar-refractivity contribution < 1.29 is 22.7 Å². The van der Waals surface area contributed by atoms with E-state index < -0.39 is 10.0 Å². The fourth-order valence-electron chi connectivity index (χ4n) is 3.75. The molecule has 1 fully saturated rings. The van der Waals surface area contributed by atoms with Gasteiger partial charge in [-0.15, -0.1) is 0 Å². The van der Waals surface area contributed by atoms with Crippen molar-refractivity contribution in [2.45, 2.75) is 18.2 Å². The van der Waals surface area contributed by atoms with Crippen LogP contribution in [0, 0.1) is 0 Å². The Hall–Kier alpha value is -2.88. The van der Waals surface area contributed by atoms with Crippen LogP contribution in [0.5, 0.6) is 5.75 Å². The molecule has 1 heterocycles. The molecule has 2 aromatic rings. The number of amides is 1. The highest BCUT2D eigenvalue weighted by atomic mass is 32.2. The van der Waals surface area contributed by atoms with Crippen molar-refractivity contribution in [3.05, 3.63) is 60.2 Å². The van der Waals surface area contributed by atoms with Gasteiger partial charge in [-0.1, -0.05) is 24.3 Å². The summed E-state index contributed by atoms with van der Waals surface area (Å²) in [7, 11) is -2.29. The molecule has 2 aromatic carbocycles. The maximum atomic E-state index is 13.1. The van der Waals surface area contributed by atoms with Crippen molar-refractivity contribution in [3.8, 4) is 5.75 Å². The molecule has 0 atom stereocenters. The lowest BCUT2D eigenvalue weighted by Crippen LogP contribution is -2.40. The first-order valence-corrected chi connectivity index (χ1v) is 12.9. The Morgan fingerprint density at radius 2 is 1.91 bits per heavy atom. The summed E-state index contributed by atoms with van der Waals surface area (Å²) in [4.78, 5) is 14.6. The minimum absolute atomic E-state index is 0.0834. The predicted molar refractivity (Wildman–Crippen MR) is 134 cm³/mol. The van der Waals surface area contributed by atoms with E-state index in [1.54, 1.807) is 18.2 Å². The Morgan fingerprint density at radius 1 is 1.18 bits per heavy atom. The van der Waals surface area contributed by atoms with E-state index in [1.807, 2.05) is 18.2 Å². The SMILES string of the molecule is CCN(CCCNC(=O)/C=C/c1ccc(OC)c(S(=O)(=O)N2CCOCC2)c1)c1ccccc1. The van der Waals surface area contributed by atoms with Gasteiger partial charge in [-0.25, -0.2) is 8.42 Å². The van der Waals surface area contributed by atoms with Crippen LogP contribution in [-0.2, 0) is 19.6 Å². The zero-order valence-corrected chi connectivity index (χ0v) is 20.6. The number of carbonyl (C=O) groups excluding carboxylic acids is 1. The summed E-state index contributed by atoms with van der Waals surface area (Å²) in [6.45, 7) is 5.71. The van der Waals surface area contributed by atoms with Gasteiger partial charge in [0.15, 0.2) is 0 Å². The molecule has 0 aliphatic carbocycles. The second-order valence-electron chi connectivity index (χ2n) is 7.82. The Kier molecular flexibility index (Phi) is 9.50. The van der Waals surface area contributed by atoms with E-state index in [-0.39, 0.29) is 16.6 Å². The van der Waals surface area contributed by atoms with Gasteiger partial charge in [0.25, 0.3) is 0 Å². The molecule has 1 N–H and O–H groups in total. The molecule has 1 aliphatic rings. The number of hydrogen-bond acceptors (Lipinski definition) is 6. The van der Waals surface area contributed by atoms with Gasteiger partial charge in [-0.2, -0.15) is 4.31 Å². The number of hydrogen-bond donors (Lipinski definition) is 1. The lowest BCUT2D eigenvalue weighted by Gasteiger charge is -2.26. The lowest BCUT2D eigenvalue weighted by atomic mass is 10.2. The standard InChI is InChI=1S/C25H33N3O5S/c1-3-27(22-8-5-4-6-9-22)15-7-14-26-25(29)13-11-21-10-12-23(32-2)24(20-21)34(30,31)28-16-18-33-19-17-28/h4-6,8-13,20H,3,7,14-19H2,1-2H3,(H,26,29)/b13-11+. The van der Waals surface area contributed by atoms with Gasteiger partial charge >= 0.3 is 0 Å². The highest BCUT2D eigenvalue weighted by Gasteiger charge is 2.29. The highest BCUT2D eigenvalue weighted by Crippen LogP contribution is 2.28. The molecular formula is C25H33N3O5S. The Balaban J connectivity index is 1.57. The molecule has 0 spiro atoms. The Labute approximate surface area is 202 Å². The molecule has 34 heavy (non-hydrogen) atoms. The number of carbonyl (C=O) groups is 1. The monoisotopic (exact) mass is 487 g/mol. The van der Waals surface area contributed by atoms with E-state index in [9.17, 15) is 13.2 Å². The second-order valence-corrected chi connectivity index (χ2v) is 9.73. The van der Waals surface area contributed by atoms with Crippen molar-refractivity contribution in [2.75, 3.05) is 57.9 Å². The third kappa shape index (κ3) is 6.82. The first-order chi connectivity index (χ1) is 16.5. The molecule has 0 saturated carbocycles. The number of ether oxygens (including phenoxy) is 2. The summed E-state index contributed by atoms with van der Waals surface area (Å²) in [5, 5.41) is 2.89. The van der Waals surface area contributed by atoms with E-state index in [2.05, 4.69) is 29.3 Å². The van der Waals surface area contributed by atoms with E-state index in [4.69, 9.17) is 9.47 Å². The first kappa shape index (κ1) is 25.7. The van der Waals surface area contributed by atoms with Crippen molar-refractivity contribution >= 4 is 27.7 Å². The van der Waals surface area contributed by atoms with Crippen molar-refractivity contribution in [3.63, 3.8) is 0 Å². The molecule has 0 radical (unpaired) electrons. The Bertz CT molecular complexity index is 1070. The summed E-state index contributed by atoms with van der Waals surface area (Å²) < 4.78 is 38.1. The first-order valence-electron chi connectivity index (χ1n) is 11.5. The van der Waals surface area contributed by atoms with E-state index in [0.29, 0.717) is 38.4 Å². The topological polar surface area (TPSA) is 88.2 Å². The number of anilines is 1. The number of benzene rings is 2. The van der Waals surface area contributed by atoms with Gasteiger partial charge in [-0.3, -0.25) is 4.79 Å². The maximum absolute atomic E-state index is 13.1. The van der Waals surface area contributed by atoms with Gasteiger partial charge in [0.2, 0.25) is 15.9 Å². The zero-order valence-electron chi connectivity index (χ0n) is 19.8. The number of methoxy groups -OCH3 is 1. The predicted octanol–water partition coefficient (Wildman–Crippen LogP) is 2.76. The van der Waals surface area contributed by atoms with Crippen LogP contribution >= 0.6 is 0 Å². The molecule has 0 bridgehead atoms. The summed E-state index contributed by atoms with van der Waals surface area (Å²) in [5.74, 6) is 0.0446. The lowest BCUT2D eigenvalue weighted by molar-refractivity contribution is -0.116. The number of para-hydroxylation sites is 1. The quantitative estimate of drug-likeness (QED) is 0.387. The van der Waals surface area contributed by atoms with E-state index >= 15 is 0 Å². The molecule has 0 unspecified atom stereocenters. The minimum Gasteiger partial charge on any atom is -0.495 e. The average Bonchev–Trinajstić information content (AvgIpc) is 2.88. The molecule has 3 rings (SSSR count). The van der Waals surface area contributed by atoms with Crippen LogP contribution in [-0.4, -0.2) is 71.7 Å². The summed E-state index contributed by atoms with van der Waals surface area (Å²) in [6, 6.07) is 15.0. The van der Waals surface area contributed by atoms with Crippen LogP contribution in [0.4, 0.5) is 5.69 Å². The van der Waals surface area contributed by atoms with Gasteiger partial charge in [0.05, 0.1) is 20.3 Å². The van der Waals surface area contributed by atoms with Gasteiger partial charge in [0, 0.05) is 44.5 Å². The van der Waals surface area contributed by atoms with Crippen LogP contribution in [0.15, 0.2) is 59.5 Å². The van der Waals surface area contributed by atoms with Gasteiger partial charge in [0.1, 0.15) is 10.6 Å². The summed E-state index contributed by atoms with van der Waals surface area (Å²) >= 11 is 0. The van der Waals surface area contributed by atoms with Crippen LogP contribution in [0.25, 0.3) is 6.08 Å². The molecule has 8 nitrogen and oxygen atoms in total. The number of morpholine rings is 1. The van der Waals surface area contributed by atoms with Crippen LogP contribution in [0.3, 0.4) is 0 Å². The number of sulfonamides is 1. The van der Waals surface area contributed by atoms with Gasteiger partial charge < -0.3 is 19.7 Å². The zero-order chi connectivity index (χ0) is 24.4. The van der Waals surface area contributed by atoms with E-state index in [1.165, 1.54) is 29.2 Å². The number of rotatable bonds is 11. The van der Waals surface area contributed by atoms with E-state index in [0.717, 1.165) is 19.5 Å².